The molecule has 1 aliphatic rings. The average molecular weight is 278 g/mol. The molecule has 0 aliphatic heterocycles. The molecule has 1 aromatic carbocycles. The molecule has 0 aromatic heterocycles. The van der Waals surface area contributed by atoms with E-state index in [-0.39, 0.29) is 11.3 Å². The van der Waals surface area contributed by atoms with Crippen molar-refractivity contribution in [2.45, 2.75) is 25.8 Å². The molecule has 3 N–H and O–H groups in total. The Labute approximate surface area is 119 Å². The topological polar surface area (TPSA) is 73.6 Å². The number of carbonyl (C=O) groups excluding carboxylic acids is 1. The Morgan fingerprint density at radius 3 is 2.50 bits per heavy atom. The third-order valence-corrected chi connectivity index (χ3v) is 4.08. The number of nitrogens with one attached hydrogen (secondary N) is 1. The van der Waals surface area contributed by atoms with Crippen LogP contribution in [-0.4, -0.2) is 26.7 Å². The fourth-order valence-electron chi connectivity index (χ4n) is 2.49. The first-order valence-electron chi connectivity index (χ1n) is 6.84. The van der Waals surface area contributed by atoms with Gasteiger partial charge in [-0.2, -0.15) is 0 Å². The van der Waals surface area contributed by atoms with E-state index in [2.05, 4.69) is 5.32 Å². The molecule has 0 radical (unpaired) electrons. The van der Waals surface area contributed by atoms with Gasteiger partial charge in [0, 0.05) is 13.1 Å². The largest absolute Gasteiger partial charge is 0.493 e. The van der Waals surface area contributed by atoms with E-state index in [9.17, 15) is 4.79 Å². The van der Waals surface area contributed by atoms with Gasteiger partial charge < -0.3 is 20.5 Å². The monoisotopic (exact) mass is 278 g/mol. The van der Waals surface area contributed by atoms with Crippen molar-refractivity contribution in [2.24, 2.45) is 11.1 Å². The van der Waals surface area contributed by atoms with Crippen molar-refractivity contribution in [3.63, 3.8) is 0 Å². The van der Waals surface area contributed by atoms with Gasteiger partial charge in [-0.05, 0) is 30.5 Å². The van der Waals surface area contributed by atoms with Gasteiger partial charge in [0.2, 0.25) is 5.91 Å². The summed E-state index contributed by atoms with van der Waals surface area (Å²) in [5, 5.41) is 2.97. The van der Waals surface area contributed by atoms with Crippen LogP contribution in [0.4, 0.5) is 0 Å². The van der Waals surface area contributed by atoms with Crippen LogP contribution in [0.3, 0.4) is 0 Å². The van der Waals surface area contributed by atoms with Crippen LogP contribution in [0, 0.1) is 5.41 Å². The summed E-state index contributed by atoms with van der Waals surface area (Å²) in [6, 6.07) is 5.62. The van der Waals surface area contributed by atoms with E-state index >= 15 is 0 Å². The molecule has 0 saturated heterocycles. The summed E-state index contributed by atoms with van der Waals surface area (Å²) in [6.07, 6.45) is 2.86. The molecular weight excluding hydrogens is 256 g/mol. The Bertz CT molecular complexity index is 478. The van der Waals surface area contributed by atoms with Crippen LogP contribution >= 0.6 is 0 Å². The summed E-state index contributed by atoms with van der Waals surface area (Å²) in [4.78, 5) is 12.2. The Morgan fingerprint density at radius 2 is 2.00 bits per heavy atom. The molecule has 1 amide bonds. The number of benzene rings is 1. The van der Waals surface area contributed by atoms with Gasteiger partial charge in [-0.1, -0.05) is 12.5 Å². The molecule has 20 heavy (non-hydrogen) atoms. The lowest BCUT2D eigenvalue weighted by atomic mass is 9.68. The molecule has 0 unspecified atom stereocenters. The zero-order valence-corrected chi connectivity index (χ0v) is 12.1. The Kier molecular flexibility index (Phi) is 4.49. The summed E-state index contributed by atoms with van der Waals surface area (Å²) in [7, 11) is 3.19. The number of carbonyl (C=O) groups is 1. The average Bonchev–Trinajstić information content (AvgIpc) is 2.44. The number of ether oxygens (including phenoxy) is 2. The normalized spacial score (nSPS) is 16.1. The van der Waals surface area contributed by atoms with Gasteiger partial charge in [-0.15, -0.1) is 0 Å². The van der Waals surface area contributed by atoms with Gasteiger partial charge in [-0.3, -0.25) is 4.79 Å². The van der Waals surface area contributed by atoms with Crippen LogP contribution < -0.4 is 20.5 Å². The minimum absolute atomic E-state index is 0.0565. The smallest absolute Gasteiger partial charge is 0.227 e. The van der Waals surface area contributed by atoms with Gasteiger partial charge in [0.05, 0.1) is 19.6 Å². The molecule has 0 atom stereocenters. The lowest BCUT2D eigenvalue weighted by molar-refractivity contribution is -0.135. The fraction of sp³-hybridized carbons (Fsp3) is 0.533. The van der Waals surface area contributed by atoms with Gasteiger partial charge in [0.25, 0.3) is 0 Å². The number of methoxy groups -OCH3 is 2. The van der Waals surface area contributed by atoms with E-state index in [4.69, 9.17) is 15.2 Å². The Morgan fingerprint density at radius 1 is 1.30 bits per heavy atom. The van der Waals surface area contributed by atoms with Crippen molar-refractivity contribution in [3.05, 3.63) is 23.8 Å². The zero-order chi connectivity index (χ0) is 14.6. The van der Waals surface area contributed by atoms with Crippen LogP contribution in [0.15, 0.2) is 18.2 Å². The van der Waals surface area contributed by atoms with Gasteiger partial charge >= 0.3 is 0 Å². The van der Waals surface area contributed by atoms with Crippen LogP contribution in [0.25, 0.3) is 0 Å². The molecule has 1 saturated carbocycles. The van der Waals surface area contributed by atoms with Crippen molar-refractivity contribution in [2.75, 3.05) is 20.8 Å². The SMILES string of the molecule is COc1ccc(CNC(=O)C2(CN)CCC2)cc1OC. The Hall–Kier alpha value is -1.75. The number of hydrogen-bond donors (Lipinski definition) is 2. The second-order valence-corrected chi connectivity index (χ2v) is 5.21. The van der Waals surface area contributed by atoms with E-state index in [1.54, 1.807) is 14.2 Å². The second-order valence-electron chi connectivity index (χ2n) is 5.21. The minimum atomic E-state index is -0.337. The molecule has 5 heteroatoms. The van der Waals surface area contributed by atoms with E-state index in [1.807, 2.05) is 18.2 Å². The summed E-state index contributed by atoms with van der Waals surface area (Å²) in [5.74, 6) is 1.40. The summed E-state index contributed by atoms with van der Waals surface area (Å²) in [5.41, 5.74) is 6.36. The van der Waals surface area contributed by atoms with Crippen molar-refractivity contribution in [3.8, 4) is 11.5 Å². The minimum Gasteiger partial charge on any atom is -0.493 e. The number of nitrogens with two attached hydrogens (primary N) is 1. The number of hydrogen-bond acceptors (Lipinski definition) is 4. The number of amides is 1. The molecule has 1 fully saturated rings. The lowest BCUT2D eigenvalue weighted by Crippen LogP contribution is -2.50. The lowest BCUT2D eigenvalue weighted by Gasteiger charge is -2.39. The molecule has 0 spiro atoms. The quantitative estimate of drug-likeness (QED) is 0.826. The first-order valence-corrected chi connectivity index (χ1v) is 6.84. The standard InChI is InChI=1S/C15H22N2O3/c1-19-12-5-4-11(8-13(12)20-2)9-17-14(18)15(10-16)6-3-7-15/h4-5,8H,3,6-7,9-10,16H2,1-2H3,(H,17,18). The summed E-state index contributed by atoms with van der Waals surface area (Å²) in [6.45, 7) is 0.895. The molecule has 0 heterocycles. The maximum atomic E-state index is 12.2. The zero-order valence-electron chi connectivity index (χ0n) is 12.1. The number of rotatable bonds is 6. The summed E-state index contributed by atoms with van der Waals surface area (Å²) < 4.78 is 10.4. The van der Waals surface area contributed by atoms with Crippen molar-refractivity contribution in [1.29, 1.82) is 0 Å². The van der Waals surface area contributed by atoms with E-state index in [0.717, 1.165) is 24.8 Å². The van der Waals surface area contributed by atoms with Gasteiger partial charge in [-0.25, -0.2) is 0 Å². The molecule has 0 bridgehead atoms. The van der Waals surface area contributed by atoms with Crippen molar-refractivity contribution >= 4 is 5.91 Å². The van der Waals surface area contributed by atoms with Crippen LogP contribution in [0.2, 0.25) is 0 Å². The van der Waals surface area contributed by atoms with Gasteiger partial charge in [0.15, 0.2) is 11.5 Å². The highest BCUT2D eigenvalue weighted by atomic mass is 16.5. The van der Waals surface area contributed by atoms with Gasteiger partial charge in [0.1, 0.15) is 0 Å². The van der Waals surface area contributed by atoms with E-state index in [1.165, 1.54) is 0 Å². The highest BCUT2D eigenvalue weighted by molar-refractivity contribution is 5.83. The highest BCUT2D eigenvalue weighted by Gasteiger charge is 2.42. The molecule has 1 aliphatic carbocycles. The van der Waals surface area contributed by atoms with Crippen LogP contribution in [-0.2, 0) is 11.3 Å². The molecule has 110 valence electrons. The predicted octanol–water partition coefficient (Wildman–Crippen LogP) is 1.45. The third kappa shape index (κ3) is 2.72. The van der Waals surface area contributed by atoms with Crippen LogP contribution in [0.5, 0.6) is 11.5 Å². The molecule has 2 rings (SSSR count). The predicted molar refractivity (Wildman–Crippen MR) is 76.7 cm³/mol. The second kappa shape index (κ2) is 6.13. The molecular formula is C15H22N2O3. The van der Waals surface area contributed by atoms with Crippen molar-refractivity contribution in [1.82, 2.24) is 5.32 Å². The third-order valence-electron chi connectivity index (χ3n) is 4.08. The molecule has 1 aromatic rings. The molecule has 5 nitrogen and oxygen atoms in total. The maximum absolute atomic E-state index is 12.2. The first-order chi connectivity index (χ1) is 9.65. The highest BCUT2D eigenvalue weighted by Crippen LogP contribution is 2.40. The van der Waals surface area contributed by atoms with E-state index in [0.29, 0.717) is 24.6 Å². The van der Waals surface area contributed by atoms with Crippen molar-refractivity contribution < 1.29 is 14.3 Å². The maximum Gasteiger partial charge on any atom is 0.227 e. The Balaban J connectivity index is 1.99. The fourth-order valence-corrected chi connectivity index (χ4v) is 2.49. The van der Waals surface area contributed by atoms with E-state index < -0.39 is 0 Å². The summed E-state index contributed by atoms with van der Waals surface area (Å²) >= 11 is 0. The van der Waals surface area contributed by atoms with Crippen LogP contribution in [0.1, 0.15) is 24.8 Å². The first kappa shape index (κ1) is 14.7.